The molecular formula is C18H26N2. The number of aromatic nitrogens is 1. The molecule has 1 N–H and O–H groups in total. The minimum absolute atomic E-state index is 0.772. The van der Waals surface area contributed by atoms with Gasteiger partial charge in [-0.1, -0.05) is 25.0 Å². The van der Waals surface area contributed by atoms with Gasteiger partial charge in [-0.05, 0) is 56.3 Å². The number of fused-ring (bicyclic) bond motifs is 1. The zero-order chi connectivity index (χ0) is 14.1. The normalized spacial score (nSPS) is 16.4. The lowest BCUT2D eigenvalue weighted by atomic mass is 10.0. The lowest BCUT2D eigenvalue weighted by Gasteiger charge is -2.11. The summed E-state index contributed by atoms with van der Waals surface area (Å²) >= 11 is 0. The predicted octanol–water partition coefficient (Wildman–Crippen LogP) is 3.87. The molecule has 0 aliphatic heterocycles. The Morgan fingerprint density at radius 1 is 1.20 bits per heavy atom. The van der Waals surface area contributed by atoms with E-state index in [1.54, 1.807) is 0 Å². The first-order valence-electron chi connectivity index (χ1n) is 7.94. The smallest absolute Gasteiger partial charge is 0.0512 e. The maximum Gasteiger partial charge on any atom is 0.0512 e. The van der Waals surface area contributed by atoms with Gasteiger partial charge in [0.2, 0.25) is 0 Å². The molecule has 1 aromatic carbocycles. The fourth-order valence-electron chi connectivity index (χ4n) is 3.62. The van der Waals surface area contributed by atoms with E-state index >= 15 is 0 Å². The summed E-state index contributed by atoms with van der Waals surface area (Å²) in [7, 11) is 2.17. The van der Waals surface area contributed by atoms with Crippen LogP contribution in [0, 0.1) is 13.8 Å². The van der Waals surface area contributed by atoms with Gasteiger partial charge >= 0.3 is 0 Å². The van der Waals surface area contributed by atoms with Crippen LogP contribution >= 0.6 is 0 Å². The zero-order valence-electron chi connectivity index (χ0n) is 13.0. The van der Waals surface area contributed by atoms with E-state index in [0.717, 1.165) is 19.0 Å². The van der Waals surface area contributed by atoms with Gasteiger partial charge in [-0.2, -0.15) is 0 Å². The fraction of sp³-hybridized carbons (Fsp3) is 0.556. The number of aryl methyl sites for hydroxylation is 3. The Balaban J connectivity index is 1.76. The second kappa shape index (κ2) is 5.61. The van der Waals surface area contributed by atoms with Crippen LogP contribution in [0.25, 0.3) is 10.9 Å². The molecule has 0 spiro atoms. The van der Waals surface area contributed by atoms with Crippen molar-refractivity contribution in [2.75, 3.05) is 6.54 Å². The standard InChI is InChI=1S/C18H26N2/c1-13-8-9-17-15(12-20(3)18(17)14(13)2)10-11-19-16-6-4-5-7-16/h8-9,12,16,19H,4-7,10-11H2,1-3H3. The van der Waals surface area contributed by atoms with Crippen LogP contribution in [0.1, 0.15) is 42.4 Å². The van der Waals surface area contributed by atoms with Gasteiger partial charge in [0, 0.05) is 24.7 Å². The third kappa shape index (κ3) is 2.49. The summed E-state index contributed by atoms with van der Waals surface area (Å²) in [6.45, 7) is 5.54. The molecule has 1 heterocycles. The van der Waals surface area contributed by atoms with Gasteiger partial charge in [0.25, 0.3) is 0 Å². The molecule has 0 radical (unpaired) electrons. The van der Waals surface area contributed by atoms with Crippen molar-refractivity contribution in [1.82, 2.24) is 9.88 Å². The van der Waals surface area contributed by atoms with Crippen LogP contribution < -0.4 is 5.32 Å². The first-order valence-corrected chi connectivity index (χ1v) is 7.94. The van der Waals surface area contributed by atoms with E-state index < -0.39 is 0 Å². The molecule has 108 valence electrons. The highest BCUT2D eigenvalue weighted by molar-refractivity contribution is 5.87. The highest BCUT2D eigenvalue weighted by Gasteiger charge is 2.14. The Bertz CT molecular complexity index is 603. The molecule has 0 saturated heterocycles. The Morgan fingerprint density at radius 2 is 1.95 bits per heavy atom. The van der Waals surface area contributed by atoms with Gasteiger partial charge in [0.1, 0.15) is 0 Å². The second-order valence-electron chi connectivity index (χ2n) is 6.35. The van der Waals surface area contributed by atoms with Crippen LogP contribution in [-0.4, -0.2) is 17.2 Å². The van der Waals surface area contributed by atoms with E-state index in [-0.39, 0.29) is 0 Å². The van der Waals surface area contributed by atoms with Crippen molar-refractivity contribution in [2.24, 2.45) is 7.05 Å². The first kappa shape index (κ1) is 13.7. The largest absolute Gasteiger partial charge is 0.350 e. The Hall–Kier alpha value is -1.28. The molecule has 1 aromatic heterocycles. The zero-order valence-corrected chi connectivity index (χ0v) is 13.0. The van der Waals surface area contributed by atoms with Crippen LogP contribution in [0.2, 0.25) is 0 Å². The van der Waals surface area contributed by atoms with Crippen LogP contribution in [0.4, 0.5) is 0 Å². The third-order valence-electron chi connectivity index (χ3n) is 4.93. The molecule has 2 nitrogen and oxygen atoms in total. The number of nitrogens with zero attached hydrogens (tertiary/aromatic N) is 1. The van der Waals surface area contributed by atoms with E-state index in [0.29, 0.717) is 0 Å². The highest BCUT2D eigenvalue weighted by atomic mass is 14.9. The molecule has 1 fully saturated rings. The molecule has 1 aliphatic rings. The minimum Gasteiger partial charge on any atom is -0.350 e. The van der Waals surface area contributed by atoms with E-state index in [2.05, 4.69) is 49.1 Å². The van der Waals surface area contributed by atoms with Crippen LogP contribution in [0.5, 0.6) is 0 Å². The second-order valence-corrected chi connectivity index (χ2v) is 6.35. The van der Waals surface area contributed by atoms with Gasteiger partial charge in [0.15, 0.2) is 0 Å². The molecule has 0 unspecified atom stereocenters. The van der Waals surface area contributed by atoms with Gasteiger partial charge in [-0.15, -0.1) is 0 Å². The van der Waals surface area contributed by atoms with Crippen molar-refractivity contribution in [1.29, 1.82) is 0 Å². The molecular weight excluding hydrogens is 244 g/mol. The number of hydrogen-bond donors (Lipinski definition) is 1. The van der Waals surface area contributed by atoms with Crippen LogP contribution in [0.15, 0.2) is 18.3 Å². The third-order valence-corrected chi connectivity index (χ3v) is 4.93. The first-order chi connectivity index (χ1) is 9.66. The summed E-state index contributed by atoms with van der Waals surface area (Å²) in [5.41, 5.74) is 5.69. The highest BCUT2D eigenvalue weighted by Crippen LogP contribution is 2.26. The van der Waals surface area contributed by atoms with E-state index in [9.17, 15) is 0 Å². The van der Waals surface area contributed by atoms with Crippen molar-refractivity contribution in [3.05, 3.63) is 35.0 Å². The molecule has 0 bridgehead atoms. The summed E-state index contributed by atoms with van der Waals surface area (Å²) in [4.78, 5) is 0. The molecule has 20 heavy (non-hydrogen) atoms. The monoisotopic (exact) mass is 270 g/mol. The van der Waals surface area contributed by atoms with Gasteiger partial charge in [-0.3, -0.25) is 0 Å². The molecule has 0 amide bonds. The predicted molar refractivity (Wildman–Crippen MR) is 86.4 cm³/mol. The fourth-order valence-corrected chi connectivity index (χ4v) is 3.62. The quantitative estimate of drug-likeness (QED) is 0.892. The lowest BCUT2D eigenvalue weighted by Crippen LogP contribution is -2.27. The SMILES string of the molecule is Cc1ccc2c(CCNC3CCCC3)cn(C)c2c1C. The van der Waals surface area contributed by atoms with Crippen molar-refractivity contribution in [3.63, 3.8) is 0 Å². The van der Waals surface area contributed by atoms with Crippen LogP contribution in [-0.2, 0) is 13.5 Å². The van der Waals surface area contributed by atoms with Crippen molar-refractivity contribution in [2.45, 2.75) is 52.0 Å². The number of benzene rings is 1. The summed E-state index contributed by atoms with van der Waals surface area (Å²) in [6, 6.07) is 5.32. The average Bonchev–Trinajstić information content (AvgIpc) is 3.03. The summed E-state index contributed by atoms with van der Waals surface area (Å²) in [5.74, 6) is 0. The molecule has 2 aromatic rings. The Labute approximate surface area is 122 Å². The molecule has 0 atom stereocenters. The average molecular weight is 270 g/mol. The number of hydrogen-bond acceptors (Lipinski definition) is 1. The van der Waals surface area contributed by atoms with E-state index in [4.69, 9.17) is 0 Å². The summed E-state index contributed by atoms with van der Waals surface area (Å²) < 4.78 is 2.29. The van der Waals surface area contributed by atoms with Gasteiger partial charge in [-0.25, -0.2) is 0 Å². The Kier molecular flexibility index (Phi) is 3.84. The summed E-state index contributed by atoms with van der Waals surface area (Å²) in [6.07, 6.45) is 9.00. The molecule has 3 rings (SSSR count). The molecule has 1 aliphatic carbocycles. The lowest BCUT2D eigenvalue weighted by molar-refractivity contribution is 0.528. The maximum atomic E-state index is 3.72. The maximum absolute atomic E-state index is 3.72. The van der Waals surface area contributed by atoms with Gasteiger partial charge < -0.3 is 9.88 Å². The Morgan fingerprint density at radius 3 is 2.70 bits per heavy atom. The molecule has 1 saturated carbocycles. The van der Waals surface area contributed by atoms with Crippen molar-refractivity contribution < 1.29 is 0 Å². The number of nitrogens with one attached hydrogen (secondary N) is 1. The topological polar surface area (TPSA) is 17.0 Å². The van der Waals surface area contributed by atoms with Crippen molar-refractivity contribution >= 4 is 10.9 Å². The van der Waals surface area contributed by atoms with E-state index in [1.165, 1.54) is 53.3 Å². The summed E-state index contributed by atoms with van der Waals surface area (Å²) in [5, 5.41) is 5.15. The molecule has 2 heteroatoms. The van der Waals surface area contributed by atoms with Crippen molar-refractivity contribution in [3.8, 4) is 0 Å². The van der Waals surface area contributed by atoms with E-state index in [1.807, 2.05) is 0 Å². The van der Waals surface area contributed by atoms with Gasteiger partial charge in [0.05, 0.1) is 5.52 Å². The number of rotatable bonds is 4. The van der Waals surface area contributed by atoms with Crippen LogP contribution in [0.3, 0.4) is 0 Å². The minimum atomic E-state index is 0.772.